The first-order valence-electron chi connectivity index (χ1n) is 7.58. The number of rotatable bonds is 6. The van der Waals surface area contributed by atoms with Crippen molar-refractivity contribution in [1.82, 2.24) is 4.90 Å². The van der Waals surface area contributed by atoms with Gasteiger partial charge in [-0.05, 0) is 51.0 Å². The molecule has 0 saturated carbocycles. The second-order valence-electron chi connectivity index (χ2n) is 6.33. The molecule has 0 N–H and O–H groups in total. The third kappa shape index (κ3) is 8.41. The number of carbonyl (C=O) groups excluding carboxylic acids is 2. The van der Waals surface area contributed by atoms with Gasteiger partial charge in [0.2, 0.25) is 5.91 Å². The number of benzene rings is 1. The molecule has 1 aromatic rings. The Kier molecular flexibility index (Phi) is 7.30. The molecule has 1 rings (SSSR count). The highest BCUT2D eigenvalue weighted by atomic mass is 35.5. The van der Waals surface area contributed by atoms with Crippen LogP contribution in [0.1, 0.15) is 39.2 Å². The monoisotopic (exact) mass is 337 g/mol. The summed E-state index contributed by atoms with van der Waals surface area (Å²) in [5, 5.41) is 0.660. The van der Waals surface area contributed by atoms with Crippen molar-refractivity contribution in [1.29, 1.82) is 0 Å². The van der Waals surface area contributed by atoms with Gasteiger partial charge in [0.1, 0.15) is 5.60 Å². The van der Waals surface area contributed by atoms with Crippen LogP contribution in [0.5, 0.6) is 0 Å². The van der Waals surface area contributed by atoms with Gasteiger partial charge < -0.3 is 9.64 Å². The summed E-state index contributed by atoms with van der Waals surface area (Å²) < 4.78 is 5.23. The number of carbonyl (C=O) groups is 2. The molecule has 0 aliphatic rings. The second-order valence-corrected chi connectivity index (χ2v) is 6.77. The van der Waals surface area contributed by atoms with Crippen LogP contribution >= 0.6 is 11.6 Å². The number of likely N-dealkylation sites (N-methyl/N-ethyl adjacent to an activating group) is 1. The average Bonchev–Trinajstić information content (AvgIpc) is 2.44. The Morgan fingerprint density at radius 3 is 2.39 bits per heavy atom. The molecular formula is C18H24ClNO3. The number of esters is 1. The highest BCUT2D eigenvalue weighted by Gasteiger charge is 2.16. The summed E-state index contributed by atoms with van der Waals surface area (Å²) >= 11 is 5.81. The van der Waals surface area contributed by atoms with E-state index >= 15 is 0 Å². The Balaban J connectivity index is 2.36. The number of nitrogens with zero attached hydrogens (tertiary/aromatic N) is 1. The predicted octanol–water partition coefficient (Wildman–Crippen LogP) is 3.93. The first-order chi connectivity index (χ1) is 10.7. The summed E-state index contributed by atoms with van der Waals surface area (Å²) in [6, 6.07) is 7.23. The summed E-state index contributed by atoms with van der Waals surface area (Å²) in [6.07, 6.45) is 4.13. The highest BCUT2D eigenvalue weighted by molar-refractivity contribution is 6.30. The molecule has 0 aliphatic carbocycles. The van der Waals surface area contributed by atoms with Crippen LogP contribution in [0.15, 0.2) is 30.3 Å². The van der Waals surface area contributed by atoms with Gasteiger partial charge >= 0.3 is 5.97 Å². The van der Waals surface area contributed by atoms with Gasteiger partial charge in [-0.25, -0.2) is 0 Å². The van der Waals surface area contributed by atoms with Gasteiger partial charge in [0, 0.05) is 31.1 Å². The summed E-state index contributed by atoms with van der Waals surface area (Å²) in [7, 11) is 1.71. The van der Waals surface area contributed by atoms with Crippen LogP contribution in [-0.4, -0.2) is 36.0 Å². The molecule has 0 aromatic heterocycles. The van der Waals surface area contributed by atoms with Crippen molar-refractivity contribution in [3.05, 3.63) is 40.9 Å². The lowest BCUT2D eigenvalue weighted by Crippen LogP contribution is -2.27. The molecule has 1 amide bonds. The Hall–Kier alpha value is -1.81. The molecule has 0 heterocycles. The van der Waals surface area contributed by atoms with E-state index in [1.807, 2.05) is 32.9 Å². The van der Waals surface area contributed by atoms with Gasteiger partial charge in [-0.2, -0.15) is 0 Å². The van der Waals surface area contributed by atoms with E-state index in [1.54, 1.807) is 30.2 Å². The summed E-state index contributed by atoms with van der Waals surface area (Å²) in [5.74, 6) is -0.348. The molecule has 5 heteroatoms. The lowest BCUT2D eigenvalue weighted by atomic mass is 10.2. The topological polar surface area (TPSA) is 46.6 Å². The van der Waals surface area contributed by atoms with Crippen LogP contribution in [0, 0.1) is 0 Å². The van der Waals surface area contributed by atoms with Crippen LogP contribution < -0.4 is 0 Å². The first kappa shape index (κ1) is 19.2. The van der Waals surface area contributed by atoms with Crippen molar-refractivity contribution in [2.45, 2.75) is 39.2 Å². The molecule has 0 saturated heterocycles. The summed E-state index contributed by atoms with van der Waals surface area (Å²) in [5.41, 5.74) is 0.435. The van der Waals surface area contributed by atoms with Gasteiger partial charge in [0.05, 0.1) is 0 Å². The SMILES string of the molecule is CN(CCCC(=O)OC(C)(C)C)C(=O)/C=C/c1ccc(Cl)cc1. The van der Waals surface area contributed by atoms with Crippen molar-refractivity contribution in [2.24, 2.45) is 0 Å². The van der Waals surface area contributed by atoms with Gasteiger partial charge in [-0.1, -0.05) is 23.7 Å². The lowest BCUT2D eigenvalue weighted by molar-refractivity contribution is -0.155. The molecule has 0 aliphatic heterocycles. The first-order valence-corrected chi connectivity index (χ1v) is 7.96. The zero-order chi connectivity index (χ0) is 17.5. The Bertz CT molecular complexity index is 559. The molecule has 0 fully saturated rings. The van der Waals surface area contributed by atoms with Crippen LogP contribution in [0.25, 0.3) is 6.08 Å². The van der Waals surface area contributed by atoms with Crippen LogP contribution in [0.4, 0.5) is 0 Å². The van der Waals surface area contributed by atoms with E-state index in [0.29, 0.717) is 24.4 Å². The van der Waals surface area contributed by atoms with Gasteiger partial charge in [0.25, 0.3) is 0 Å². The van der Waals surface area contributed by atoms with Crippen molar-refractivity contribution >= 4 is 29.6 Å². The number of ether oxygens (including phenoxy) is 1. The van der Waals surface area contributed by atoms with Crippen molar-refractivity contribution in [3.63, 3.8) is 0 Å². The number of halogens is 1. The fraction of sp³-hybridized carbons (Fsp3) is 0.444. The molecule has 0 bridgehead atoms. The molecule has 1 aromatic carbocycles. The van der Waals surface area contributed by atoms with Crippen molar-refractivity contribution in [3.8, 4) is 0 Å². The molecule has 0 atom stereocenters. The van der Waals surface area contributed by atoms with Gasteiger partial charge in [-0.15, -0.1) is 0 Å². The maximum Gasteiger partial charge on any atom is 0.306 e. The molecule has 0 radical (unpaired) electrons. The zero-order valence-corrected chi connectivity index (χ0v) is 14.9. The quantitative estimate of drug-likeness (QED) is 0.583. The van der Waals surface area contributed by atoms with Crippen LogP contribution in [-0.2, 0) is 14.3 Å². The highest BCUT2D eigenvalue weighted by Crippen LogP contribution is 2.11. The molecule has 126 valence electrons. The number of hydrogen-bond acceptors (Lipinski definition) is 3. The molecule has 4 nitrogen and oxygen atoms in total. The normalized spacial score (nSPS) is 11.5. The van der Waals surface area contributed by atoms with E-state index < -0.39 is 5.60 Å². The molecular weight excluding hydrogens is 314 g/mol. The number of hydrogen-bond donors (Lipinski definition) is 0. The Morgan fingerprint density at radius 1 is 1.22 bits per heavy atom. The standard InChI is InChI=1S/C18H24ClNO3/c1-18(2,3)23-17(22)6-5-13-20(4)16(21)12-9-14-7-10-15(19)11-8-14/h7-12H,5-6,13H2,1-4H3/b12-9+. The number of amides is 1. The maximum absolute atomic E-state index is 12.0. The zero-order valence-electron chi connectivity index (χ0n) is 14.1. The van der Waals surface area contributed by atoms with Crippen molar-refractivity contribution < 1.29 is 14.3 Å². The Morgan fingerprint density at radius 2 is 1.83 bits per heavy atom. The van der Waals surface area contributed by atoms with Crippen molar-refractivity contribution in [2.75, 3.05) is 13.6 Å². The predicted molar refractivity (Wildman–Crippen MR) is 93.2 cm³/mol. The molecule has 0 unspecified atom stereocenters. The van der Waals surface area contributed by atoms with E-state index in [9.17, 15) is 9.59 Å². The second kappa shape index (κ2) is 8.73. The third-order valence-corrected chi connectivity index (χ3v) is 3.21. The fourth-order valence-electron chi connectivity index (χ4n) is 1.83. The third-order valence-electron chi connectivity index (χ3n) is 2.96. The van der Waals surface area contributed by atoms with E-state index in [4.69, 9.17) is 16.3 Å². The van der Waals surface area contributed by atoms with E-state index in [2.05, 4.69) is 0 Å². The average molecular weight is 338 g/mol. The smallest absolute Gasteiger partial charge is 0.306 e. The van der Waals surface area contributed by atoms with Crippen LogP contribution in [0.2, 0.25) is 5.02 Å². The van der Waals surface area contributed by atoms with E-state index in [0.717, 1.165) is 5.56 Å². The largest absolute Gasteiger partial charge is 0.460 e. The Labute approximate surface area is 143 Å². The van der Waals surface area contributed by atoms with Gasteiger partial charge in [0.15, 0.2) is 0 Å². The van der Waals surface area contributed by atoms with Gasteiger partial charge in [-0.3, -0.25) is 9.59 Å². The fourth-order valence-corrected chi connectivity index (χ4v) is 1.96. The summed E-state index contributed by atoms with van der Waals surface area (Å²) in [4.78, 5) is 25.2. The van der Waals surface area contributed by atoms with E-state index in [1.165, 1.54) is 6.08 Å². The minimum absolute atomic E-state index is 0.107. The van der Waals surface area contributed by atoms with E-state index in [-0.39, 0.29) is 11.9 Å². The minimum Gasteiger partial charge on any atom is -0.460 e. The minimum atomic E-state index is -0.472. The molecule has 0 spiro atoms. The van der Waals surface area contributed by atoms with Crippen LogP contribution in [0.3, 0.4) is 0 Å². The maximum atomic E-state index is 12.0. The molecule has 23 heavy (non-hydrogen) atoms. The summed E-state index contributed by atoms with van der Waals surface area (Å²) in [6.45, 7) is 6.01. The lowest BCUT2D eigenvalue weighted by Gasteiger charge is -2.20.